The van der Waals surface area contributed by atoms with Gasteiger partial charge in [-0.3, -0.25) is 5.10 Å². The van der Waals surface area contributed by atoms with Crippen molar-refractivity contribution >= 4 is 28.5 Å². The van der Waals surface area contributed by atoms with Crippen LogP contribution in [0.2, 0.25) is 0 Å². The molecule has 1 aromatic carbocycles. The van der Waals surface area contributed by atoms with Crippen LogP contribution in [0.15, 0.2) is 47.1 Å². The molecular formula is C25H24F2N8O2. The fourth-order valence-corrected chi connectivity index (χ4v) is 4.28. The zero-order valence-corrected chi connectivity index (χ0v) is 20.2. The van der Waals surface area contributed by atoms with Gasteiger partial charge in [-0.2, -0.15) is 15.1 Å². The Bertz CT molecular complexity index is 1550. The second kappa shape index (κ2) is 9.21. The molecular weight excluding hydrogens is 482 g/mol. The van der Waals surface area contributed by atoms with Gasteiger partial charge in [-0.1, -0.05) is 0 Å². The number of H-pyrrole nitrogens is 2. The number of hydrogen-bond donors (Lipinski definition) is 3. The second-order valence-corrected chi connectivity index (χ2v) is 8.97. The molecule has 0 spiro atoms. The van der Waals surface area contributed by atoms with Crippen molar-refractivity contribution in [2.24, 2.45) is 0 Å². The number of aromatic amines is 2. The van der Waals surface area contributed by atoms with Crippen LogP contribution in [0.3, 0.4) is 0 Å². The summed E-state index contributed by atoms with van der Waals surface area (Å²) in [5.74, 6) is -0.322. The van der Waals surface area contributed by atoms with E-state index in [1.165, 1.54) is 12.1 Å². The summed E-state index contributed by atoms with van der Waals surface area (Å²) in [5.41, 5.74) is 1.75. The smallest absolute Gasteiger partial charge is 0.230 e. The van der Waals surface area contributed by atoms with Gasteiger partial charge in [0, 0.05) is 55.5 Å². The van der Waals surface area contributed by atoms with Crippen LogP contribution in [0.25, 0.3) is 22.4 Å². The van der Waals surface area contributed by atoms with Crippen molar-refractivity contribution in [1.82, 2.24) is 30.0 Å². The summed E-state index contributed by atoms with van der Waals surface area (Å²) in [7, 11) is 2.04. The van der Waals surface area contributed by atoms with E-state index in [1.54, 1.807) is 31.4 Å². The van der Waals surface area contributed by atoms with E-state index in [9.17, 15) is 4.39 Å². The molecule has 4 aromatic heterocycles. The van der Waals surface area contributed by atoms with E-state index in [0.717, 1.165) is 13.1 Å². The summed E-state index contributed by atoms with van der Waals surface area (Å²) in [6.07, 6.45) is 1.57. The maximum Gasteiger partial charge on any atom is 0.230 e. The number of fused-ring (bicyclic) bond motifs is 1. The number of furan rings is 1. The Morgan fingerprint density at radius 1 is 1.05 bits per heavy atom. The number of piperazine rings is 1. The number of ether oxygens (including phenoxy) is 1. The molecule has 6 rings (SSSR count). The predicted octanol–water partition coefficient (Wildman–Crippen LogP) is 4.82. The maximum absolute atomic E-state index is 15.2. The van der Waals surface area contributed by atoms with Gasteiger partial charge in [0.25, 0.3) is 0 Å². The first-order valence-corrected chi connectivity index (χ1v) is 11.8. The molecule has 1 fully saturated rings. The third-order valence-corrected chi connectivity index (χ3v) is 6.21. The molecule has 10 nitrogen and oxygen atoms in total. The van der Waals surface area contributed by atoms with Gasteiger partial charge in [0.15, 0.2) is 23.2 Å². The Balaban J connectivity index is 1.35. The minimum absolute atomic E-state index is 0.00219. The van der Waals surface area contributed by atoms with Crippen molar-refractivity contribution in [1.29, 1.82) is 0 Å². The van der Waals surface area contributed by atoms with Crippen LogP contribution in [-0.4, -0.2) is 63.3 Å². The summed E-state index contributed by atoms with van der Waals surface area (Å²) in [4.78, 5) is 16.2. The summed E-state index contributed by atoms with van der Waals surface area (Å²) < 4.78 is 41.2. The van der Waals surface area contributed by atoms with Gasteiger partial charge >= 0.3 is 0 Å². The van der Waals surface area contributed by atoms with Crippen LogP contribution in [-0.2, 0) is 0 Å². The van der Waals surface area contributed by atoms with Gasteiger partial charge in [-0.25, -0.2) is 8.78 Å². The Hall–Kier alpha value is -4.45. The molecule has 0 amide bonds. The molecule has 1 aliphatic rings. The van der Waals surface area contributed by atoms with Gasteiger partial charge in [0.05, 0.1) is 11.8 Å². The normalized spacial score (nSPS) is 14.4. The van der Waals surface area contributed by atoms with Crippen LogP contribution in [0.5, 0.6) is 11.6 Å². The first-order valence-electron chi connectivity index (χ1n) is 11.8. The highest BCUT2D eigenvalue weighted by Crippen LogP contribution is 2.34. The average Bonchev–Trinajstić information content (AvgIpc) is 3.63. The Morgan fingerprint density at radius 3 is 2.68 bits per heavy atom. The van der Waals surface area contributed by atoms with Gasteiger partial charge in [-0.05, 0) is 32.2 Å². The highest BCUT2D eigenvalue weighted by atomic mass is 19.1. The van der Waals surface area contributed by atoms with Gasteiger partial charge in [0.2, 0.25) is 17.6 Å². The van der Waals surface area contributed by atoms with Crippen LogP contribution in [0.1, 0.15) is 5.69 Å². The highest BCUT2D eigenvalue weighted by molar-refractivity contribution is 5.83. The quantitative estimate of drug-likeness (QED) is 0.301. The number of benzene rings is 1. The standard InChI is InChI=1S/C25H24F2N8O2/c1-14-10-15-17(28-14)11-16(26)24(23(15)27)37-22-13-20(30-25(31-22)35-7-5-34(2)6-8-35)29-21-12-18(32-33-21)19-4-3-9-36-19/h3-4,9-13,28H,5-8H2,1-2H3,(H2,29,30,31,32,33). The highest BCUT2D eigenvalue weighted by Gasteiger charge is 2.22. The molecule has 3 N–H and O–H groups in total. The molecule has 0 saturated carbocycles. The van der Waals surface area contributed by atoms with Crippen molar-refractivity contribution in [3.8, 4) is 23.1 Å². The maximum atomic E-state index is 15.2. The number of nitrogens with zero attached hydrogens (tertiary/aromatic N) is 5. The number of rotatable bonds is 6. The molecule has 0 radical (unpaired) electrons. The molecule has 0 atom stereocenters. The van der Waals surface area contributed by atoms with E-state index >= 15 is 4.39 Å². The zero-order chi connectivity index (χ0) is 25.5. The van der Waals surface area contributed by atoms with Gasteiger partial charge in [0.1, 0.15) is 11.5 Å². The lowest BCUT2D eigenvalue weighted by atomic mass is 10.2. The lowest BCUT2D eigenvalue weighted by Crippen LogP contribution is -2.45. The number of anilines is 3. The molecule has 5 aromatic rings. The van der Waals surface area contributed by atoms with E-state index < -0.39 is 17.4 Å². The largest absolute Gasteiger partial charge is 0.463 e. The first kappa shape index (κ1) is 23.0. The number of aryl methyl sites for hydroxylation is 1. The third-order valence-electron chi connectivity index (χ3n) is 6.21. The lowest BCUT2D eigenvalue weighted by molar-refractivity contribution is 0.310. The third kappa shape index (κ3) is 4.58. The summed E-state index contributed by atoms with van der Waals surface area (Å²) in [6.45, 7) is 4.82. The molecule has 37 heavy (non-hydrogen) atoms. The van der Waals surface area contributed by atoms with Crippen molar-refractivity contribution in [3.63, 3.8) is 0 Å². The van der Waals surface area contributed by atoms with Crippen LogP contribution < -0.4 is 15.0 Å². The topological polar surface area (TPSA) is 111 Å². The van der Waals surface area contributed by atoms with E-state index in [-0.39, 0.29) is 11.3 Å². The summed E-state index contributed by atoms with van der Waals surface area (Å²) >= 11 is 0. The van der Waals surface area contributed by atoms with E-state index in [0.29, 0.717) is 53.3 Å². The number of halogens is 2. The van der Waals surface area contributed by atoms with Gasteiger partial charge in [-0.15, -0.1) is 0 Å². The molecule has 190 valence electrons. The van der Waals surface area contributed by atoms with E-state index in [2.05, 4.69) is 35.4 Å². The molecule has 12 heteroatoms. The average molecular weight is 507 g/mol. The fourth-order valence-electron chi connectivity index (χ4n) is 4.28. The van der Waals surface area contributed by atoms with Crippen LogP contribution in [0, 0.1) is 18.6 Å². The number of aromatic nitrogens is 5. The van der Waals surface area contributed by atoms with Crippen molar-refractivity contribution < 1.29 is 17.9 Å². The monoisotopic (exact) mass is 506 g/mol. The summed E-state index contributed by atoms with van der Waals surface area (Å²) in [5, 5.41) is 10.5. The predicted molar refractivity (Wildman–Crippen MR) is 134 cm³/mol. The van der Waals surface area contributed by atoms with Crippen molar-refractivity contribution in [2.45, 2.75) is 6.92 Å². The first-order chi connectivity index (χ1) is 17.9. The SMILES string of the molecule is Cc1cc2c(F)c(Oc3cc(Nc4cc(-c5ccco5)[nH]n4)nc(N4CCN(C)CC4)n3)c(F)cc2[nH]1. The Morgan fingerprint density at radius 2 is 1.89 bits per heavy atom. The minimum atomic E-state index is -0.837. The molecule has 0 bridgehead atoms. The molecule has 5 heterocycles. The molecule has 1 saturated heterocycles. The molecule has 0 unspecified atom stereocenters. The molecule has 1 aliphatic heterocycles. The second-order valence-electron chi connectivity index (χ2n) is 8.97. The Labute approximate surface area is 210 Å². The Kier molecular flexibility index (Phi) is 5.72. The number of hydrogen-bond acceptors (Lipinski definition) is 8. The minimum Gasteiger partial charge on any atom is -0.463 e. The lowest BCUT2D eigenvalue weighted by Gasteiger charge is -2.32. The fraction of sp³-hybridized carbons (Fsp3) is 0.240. The van der Waals surface area contributed by atoms with Crippen molar-refractivity contribution in [3.05, 3.63) is 60.0 Å². The van der Waals surface area contributed by atoms with Crippen molar-refractivity contribution in [2.75, 3.05) is 43.4 Å². The van der Waals surface area contributed by atoms with Gasteiger partial charge < -0.3 is 29.3 Å². The summed E-state index contributed by atoms with van der Waals surface area (Å²) in [6, 6.07) is 9.65. The molecule has 0 aliphatic carbocycles. The van der Waals surface area contributed by atoms with E-state index in [1.807, 2.05) is 18.0 Å². The number of nitrogens with one attached hydrogen (secondary N) is 3. The van der Waals surface area contributed by atoms with Crippen LogP contribution >= 0.6 is 0 Å². The number of likely N-dealkylation sites (N-methyl/N-ethyl adjacent to an activating group) is 1. The van der Waals surface area contributed by atoms with E-state index in [4.69, 9.17) is 9.15 Å². The zero-order valence-electron chi connectivity index (χ0n) is 20.2. The van der Waals surface area contributed by atoms with Crippen LogP contribution in [0.4, 0.5) is 26.4 Å².